The van der Waals surface area contributed by atoms with Gasteiger partial charge < -0.3 is 20.4 Å². The zero-order valence-electron chi connectivity index (χ0n) is 17.8. The summed E-state index contributed by atoms with van der Waals surface area (Å²) in [4.78, 5) is 0. The van der Waals surface area contributed by atoms with E-state index in [4.69, 9.17) is 0 Å². The second kappa shape index (κ2) is 7.59. The minimum atomic E-state index is -1.57. The second-order valence-corrected chi connectivity index (χ2v) is 9.70. The Kier molecular flexibility index (Phi) is 6.74. The Bertz CT molecular complexity index is 575. The zero-order chi connectivity index (χ0) is 20.6. The van der Waals surface area contributed by atoms with E-state index in [0.29, 0.717) is 0 Å². The summed E-state index contributed by atoms with van der Waals surface area (Å²) in [5, 5.41) is 42.1. The Morgan fingerprint density at radius 3 is 1.35 bits per heavy atom. The van der Waals surface area contributed by atoms with Crippen molar-refractivity contribution in [3.8, 4) is 0 Å². The van der Waals surface area contributed by atoms with Gasteiger partial charge in [-0.3, -0.25) is 0 Å². The van der Waals surface area contributed by atoms with E-state index in [-0.39, 0.29) is 17.3 Å². The van der Waals surface area contributed by atoms with Crippen molar-refractivity contribution in [1.82, 2.24) is 0 Å². The van der Waals surface area contributed by atoms with E-state index in [9.17, 15) is 20.4 Å². The Morgan fingerprint density at radius 2 is 1.12 bits per heavy atom. The van der Waals surface area contributed by atoms with Crippen molar-refractivity contribution < 1.29 is 20.4 Å². The fourth-order valence-corrected chi connectivity index (χ4v) is 3.77. The van der Waals surface area contributed by atoms with Gasteiger partial charge in [-0.15, -0.1) is 0 Å². The van der Waals surface area contributed by atoms with E-state index in [1.54, 1.807) is 0 Å². The molecule has 26 heavy (non-hydrogen) atoms. The monoisotopic (exact) mass is 366 g/mol. The number of aryl methyl sites for hydroxylation is 1. The van der Waals surface area contributed by atoms with E-state index >= 15 is 0 Å². The summed E-state index contributed by atoms with van der Waals surface area (Å²) in [6, 6.07) is 4.14. The lowest BCUT2D eigenvalue weighted by Crippen LogP contribution is -2.54. The van der Waals surface area contributed by atoms with Crippen molar-refractivity contribution >= 4 is 0 Å². The summed E-state index contributed by atoms with van der Waals surface area (Å²) >= 11 is 0. The number of hydrogen-bond acceptors (Lipinski definition) is 4. The maximum absolute atomic E-state index is 11.9. The SMILES string of the molecule is CCC(O)(c1c(C(C)(C)C)cc(C)cc1C(C)(C)C)C(CO)(CO)CO. The van der Waals surface area contributed by atoms with Crippen molar-refractivity contribution in [2.45, 2.75) is 78.2 Å². The van der Waals surface area contributed by atoms with Crippen LogP contribution in [-0.2, 0) is 16.4 Å². The normalized spacial score (nSPS) is 15.8. The third-order valence-corrected chi connectivity index (χ3v) is 5.61. The van der Waals surface area contributed by atoms with Gasteiger partial charge in [0.1, 0.15) is 5.60 Å². The van der Waals surface area contributed by atoms with Gasteiger partial charge in [0, 0.05) is 0 Å². The molecule has 1 aromatic rings. The minimum absolute atomic E-state index is 0.253. The van der Waals surface area contributed by atoms with E-state index < -0.39 is 30.8 Å². The molecule has 1 rings (SSSR count). The average Bonchev–Trinajstić information content (AvgIpc) is 2.54. The van der Waals surface area contributed by atoms with Crippen molar-refractivity contribution in [3.63, 3.8) is 0 Å². The summed E-state index contributed by atoms with van der Waals surface area (Å²) < 4.78 is 0. The van der Waals surface area contributed by atoms with Gasteiger partial charge in [-0.1, -0.05) is 66.2 Å². The van der Waals surface area contributed by atoms with Crippen molar-refractivity contribution in [2.24, 2.45) is 5.41 Å². The van der Waals surface area contributed by atoms with Crippen LogP contribution in [0.5, 0.6) is 0 Å². The molecule has 4 nitrogen and oxygen atoms in total. The lowest BCUT2D eigenvalue weighted by atomic mass is 9.61. The molecule has 0 aliphatic rings. The van der Waals surface area contributed by atoms with Crippen LogP contribution in [0.15, 0.2) is 12.1 Å². The molecule has 0 aromatic heterocycles. The van der Waals surface area contributed by atoms with Crippen LogP contribution in [0, 0.1) is 12.3 Å². The maximum atomic E-state index is 11.9. The van der Waals surface area contributed by atoms with Crippen LogP contribution < -0.4 is 0 Å². The number of benzene rings is 1. The summed E-state index contributed by atoms with van der Waals surface area (Å²) in [5.74, 6) is 0. The molecule has 1 unspecified atom stereocenters. The smallest absolute Gasteiger partial charge is 0.102 e. The first kappa shape index (κ1) is 23.1. The predicted molar refractivity (Wildman–Crippen MR) is 106 cm³/mol. The summed E-state index contributed by atoms with van der Waals surface area (Å²) in [6.07, 6.45) is 0.268. The van der Waals surface area contributed by atoms with Gasteiger partial charge in [0.15, 0.2) is 0 Å². The fraction of sp³-hybridized carbons (Fsp3) is 0.727. The van der Waals surface area contributed by atoms with Gasteiger partial charge in [-0.05, 0) is 40.9 Å². The van der Waals surface area contributed by atoms with Crippen LogP contribution >= 0.6 is 0 Å². The molecule has 0 aliphatic carbocycles. The Balaban J connectivity index is 4.10. The molecule has 0 saturated heterocycles. The maximum Gasteiger partial charge on any atom is 0.102 e. The van der Waals surface area contributed by atoms with Crippen LogP contribution in [0.2, 0.25) is 0 Å². The molecule has 1 aromatic carbocycles. The summed E-state index contributed by atoms with van der Waals surface area (Å²) in [6.45, 7) is 14.9. The average molecular weight is 367 g/mol. The first-order chi connectivity index (χ1) is 11.7. The number of aliphatic hydroxyl groups is 4. The Labute approximate surface area is 158 Å². The van der Waals surface area contributed by atoms with E-state index in [1.165, 1.54) is 0 Å². The molecule has 0 bridgehead atoms. The summed E-state index contributed by atoms with van der Waals surface area (Å²) in [7, 11) is 0. The zero-order valence-corrected chi connectivity index (χ0v) is 17.8. The minimum Gasteiger partial charge on any atom is -0.395 e. The number of hydrogen-bond donors (Lipinski definition) is 4. The van der Waals surface area contributed by atoms with Gasteiger partial charge >= 0.3 is 0 Å². The highest BCUT2D eigenvalue weighted by atomic mass is 16.3. The molecule has 0 saturated carbocycles. The van der Waals surface area contributed by atoms with E-state index in [1.807, 2.05) is 13.8 Å². The fourth-order valence-electron chi connectivity index (χ4n) is 3.77. The van der Waals surface area contributed by atoms with Gasteiger partial charge in [0.2, 0.25) is 0 Å². The standard InChI is InChI=1S/C22H38O4/c1-9-22(26,21(12-23,13-24)14-25)18-16(19(3,4)5)10-15(2)11-17(18)20(6,7)8/h10-11,23-26H,9,12-14H2,1-8H3. The van der Waals surface area contributed by atoms with Crippen LogP contribution in [-0.4, -0.2) is 40.2 Å². The molecule has 0 aliphatic heterocycles. The van der Waals surface area contributed by atoms with Gasteiger partial charge in [0.05, 0.1) is 25.2 Å². The van der Waals surface area contributed by atoms with Crippen molar-refractivity contribution in [1.29, 1.82) is 0 Å². The molecule has 4 N–H and O–H groups in total. The molecular weight excluding hydrogens is 328 g/mol. The van der Waals surface area contributed by atoms with Crippen LogP contribution in [0.25, 0.3) is 0 Å². The quantitative estimate of drug-likeness (QED) is 0.623. The first-order valence-electron chi connectivity index (χ1n) is 9.45. The molecular formula is C22H38O4. The van der Waals surface area contributed by atoms with Gasteiger partial charge in [0.25, 0.3) is 0 Å². The molecule has 0 heterocycles. The highest BCUT2D eigenvalue weighted by Gasteiger charge is 2.52. The number of rotatable bonds is 6. The Hall–Kier alpha value is -0.940. The second-order valence-electron chi connectivity index (χ2n) is 9.70. The highest BCUT2D eigenvalue weighted by Crippen LogP contribution is 2.49. The molecule has 1 atom stereocenters. The van der Waals surface area contributed by atoms with Gasteiger partial charge in [-0.2, -0.15) is 0 Å². The summed E-state index contributed by atoms with van der Waals surface area (Å²) in [5.41, 5.74) is 0.277. The molecule has 0 amide bonds. The lowest BCUT2D eigenvalue weighted by molar-refractivity contribution is -0.162. The van der Waals surface area contributed by atoms with Crippen molar-refractivity contribution in [2.75, 3.05) is 19.8 Å². The highest BCUT2D eigenvalue weighted by molar-refractivity contribution is 5.49. The van der Waals surface area contributed by atoms with Gasteiger partial charge in [-0.25, -0.2) is 0 Å². The third kappa shape index (κ3) is 3.84. The van der Waals surface area contributed by atoms with Crippen LogP contribution in [0.1, 0.15) is 77.1 Å². The largest absolute Gasteiger partial charge is 0.395 e. The van der Waals surface area contributed by atoms with Crippen molar-refractivity contribution in [3.05, 3.63) is 34.4 Å². The first-order valence-corrected chi connectivity index (χ1v) is 9.45. The molecule has 0 radical (unpaired) electrons. The predicted octanol–water partition coefficient (Wildman–Crippen LogP) is 3.15. The lowest BCUT2D eigenvalue weighted by Gasteiger charge is -2.48. The van der Waals surface area contributed by atoms with Crippen LogP contribution in [0.4, 0.5) is 0 Å². The van der Waals surface area contributed by atoms with E-state index in [0.717, 1.165) is 22.3 Å². The third-order valence-electron chi connectivity index (χ3n) is 5.61. The molecule has 0 spiro atoms. The van der Waals surface area contributed by atoms with Crippen LogP contribution in [0.3, 0.4) is 0 Å². The topological polar surface area (TPSA) is 80.9 Å². The number of aliphatic hydroxyl groups excluding tert-OH is 3. The Morgan fingerprint density at radius 1 is 0.769 bits per heavy atom. The molecule has 0 fully saturated rings. The molecule has 150 valence electrons. The van der Waals surface area contributed by atoms with E-state index in [2.05, 4.69) is 53.7 Å². The molecule has 4 heteroatoms.